The van der Waals surface area contributed by atoms with Crippen molar-refractivity contribution < 1.29 is 9.53 Å². The first-order valence-electron chi connectivity index (χ1n) is 9.01. The molecule has 0 fully saturated rings. The van der Waals surface area contributed by atoms with Gasteiger partial charge >= 0.3 is 5.97 Å². The third-order valence-corrected chi connectivity index (χ3v) is 6.15. The number of nitrogens with one attached hydrogen (secondary N) is 3. The number of rotatable bonds is 3. The molecule has 0 bridgehead atoms. The topological polar surface area (TPSA) is 73.7 Å². The maximum absolute atomic E-state index is 12.5. The molecule has 0 saturated heterocycles. The highest BCUT2D eigenvalue weighted by Crippen LogP contribution is 2.43. The van der Waals surface area contributed by atoms with Crippen LogP contribution in [0.3, 0.4) is 0 Å². The van der Waals surface area contributed by atoms with Gasteiger partial charge in [0.15, 0.2) is 0 Å². The smallest absolute Gasteiger partial charge is 0.355 e. The molecule has 3 aromatic heterocycles. The Balaban J connectivity index is 1.83. The number of H-pyrrole nitrogens is 3. The quantitative estimate of drug-likeness (QED) is 0.253. The second kappa shape index (κ2) is 7.13. The third-order valence-electron chi connectivity index (χ3n) is 5.20. The molecule has 30 heavy (non-hydrogen) atoms. The van der Waals surface area contributed by atoms with Gasteiger partial charge in [-0.1, -0.05) is 34.8 Å². The molecule has 0 unspecified atom stereocenters. The summed E-state index contributed by atoms with van der Waals surface area (Å²) in [6, 6.07) is 9.17. The van der Waals surface area contributed by atoms with E-state index in [1.807, 2.05) is 36.7 Å². The van der Waals surface area contributed by atoms with Crippen molar-refractivity contribution in [1.29, 1.82) is 0 Å². The van der Waals surface area contributed by atoms with Crippen LogP contribution in [-0.4, -0.2) is 28.0 Å². The number of carbonyl (C=O) groups excluding carboxylic acids is 1. The number of methoxy groups -OCH3 is 1. The fourth-order valence-electron chi connectivity index (χ4n) is 3.82. The first-order valence-corrected chi connectivity index (χ1v) is 10.1. The van der Waals surface area contributed by atoms with E-state index in [-0.39, 0.29) is 0 Å². The molecule has 2 aromatic carbocycles. The van der Waals surface area contributed by atoms with E-state index in [2.05, 4.69) is 15.0 Å². The normalized spacial score (nSPS) is 11.5. The van der Waals surface area contributed by atoms with Gasteiger partial charge in [-0.15, -0.1) is 0 Å². The summed E-state index contributed by atoms with van der Waals surface area (Å²) in [5.41, 5.74) is 5.34. The molecule has 150 valence electrons. The average molecular weight is 459 g/mol. The molecule has 0 spiro atoms. The lowest BCUT2D eigenvalue weighted by Crippen LogP contribution is -2.03. The van der Waals surface area contributed by atoms with E-state index in [0.29, 0.717) is 26.3 Å². The summed E-state index contributed by atoms with van der Waals surface area (Å²) in [6.45, 7) is 0. The van der Waals surface area contributed by atoms with Gasteiger partial charge in [0.05, 0.1) is 17.2 Å². The first kappa shape index (κ1) is 19.1. The van der Waals surface area contributed by atoms with Crippen molar-refractivity contribution in [3.63, 3.8) is 0 Å². The maximum Gasteiger partial charge on any atom is 0.355 e. The van der Waals surface area contributed by atoms with Crippen molar-refractivity contribution in [3.05, 3.63) is 69.7 Å². The number of carbonyl (C=O) groups is 1. The summed E-state index contributed by atoms with van der Waals surface area (Å²) < 4.78 is 5.01. The molecular weight excluding hydrogens is 445 g/mol. The zero-order valence-electron chi connectivity index (χ0n) is 15.6. The van der Waals surface area contributed by atoms with E-state index in [1.165, 1.54) is 7.11 Å². The lowest BCUT2D eigenvalue weighted by Gasteiger charge is -2.07. The Bertz CT molecular complexity index is 1450. The van der Waals surface area contributed by atoms with Crippen LogP contribution in [0.15, 0.2) is 48.9 Å². The zero-order chi connectivity index (χ0) is 21.0. The number of fused-ring (bicyclic) bond motifs is 2. The number of aromatic nitrogens is 3. The van der Waals surface area contributed by atoms with Gasteiger partial charge in [-0.3, -0.25) is 0 Å². The fraction of sp³-hybridized carbons (Fsp3) is 0.0455. The summed E-state index contributed by atoms with van der Waals surface area (Å²) >= 11 is 18.7. The summed E-state index contributed by atoms with van der Waals surface area (Å²) in [4.78, 5) is 22.1. The molecule has 5 rings (SSSR count). The van der Waals surface area contributed by atoms with E-state index in [4.69, 9.17) is 39.5 Å². The van der Waals surface area contributed by atoms with E-state index >= 15 is 0 Å². The van der Waals surface area contributed by atoms with Gasteiger partial charge in [-0.25, -0.2) is 4.79 Å². The highest BCUT2D eigenvalue weighted by atomic mass is 35.5. The Morgan fingerprint density at radius 2 is 1.47 bits per heavy atom. The number of hydrogen-bond donors (Lipinski definition) is 3. The zero-order valence-corrected chi connectivity index (χ0v) is 17.8. The van der Waals surface area contributed by atoms with Crippen LogP contribution in [0.2, 0.25) is 15.1 Å². The van der Waals surface area contributed by atoms with Gasteiger partial charge in [0.2, 0.25) is 0 Å². The van der Waals surface area contributed by atoms with Crippen LogP contribution in [0.4, 0.5) is 0 Å². The van der Waals surface area contributed by atoms with Crippen LogP contribution < -0.4 is 0 Å². The molecule has 3 N–H and O–H groups in total. The maximum atomic E-state index is 12.5. The largest absolute Gasteiger partial charge is 0.464 e. The molecule has 0 aliphatic heterocycles. The summed E-state index contributed by atoms with van der Waals surface area (Å²) in [7, 11) is 1.35. The van der Waals surface area contributed by atoms with Crippen molar-refractivity contribution in [2.75, 3.05) is 7.11 Å². The van der Waals surface area contributed by atoms with Crippen LogP contribution in [0.25, 0.3) is 44.1 Å². The minimum Gasteiger partial charge on any atom is -0.464 e. The van der Waals surface area contributed by atoms with Crippen molar-refractivity contribution in [3.8, 4) is 22.3 Å². The second-order valence-electron chi connectivity index (χ2n) is 6.85. The molecule has 0 saturated carbocycles. The van der Waals surface area contributed by atoms with Gasteiger partial charge in [-0.05, 0) is 30.3 Å². The van der Waals surface area contributed by atoms with E-state index in [0.717, 1.165) is 38.5 Å². The highest BCUT2D eigenvalue weighted by Gasteiger charge is 2.24. The molecule has 8 heteroatoms. The second-order valence-corrected chi connectivity index (χ2v) is 8.10. The van der Waals surface area contributed by atoms with Gasteiger partial charge < -0.3 is 19.7 Å². The minimum absolute atomic E-state index is 0.350. The van der Waals surface area contributed by atoms with E-state index in [1.54, 1.807) is 12.3 Å². The first-order chi connectivity index (χ1) is 14.5. The molecule has 0 amide bonds. The fourth-order valence-corrected chi connectivity index (χ4v) is 4.32. The molecule has 5 aromatic rings. The molecule has 0 aliphatic carbocycles. The summed E-state index contributed by atoms with van der Waals surface area (Å²) in [5, 5.41) is 3.31. The van der Waals surface area contributed by atoms with Crippen LogP contribution in [0, 0.1) is 0 Å². The Morgan fingerprint density at radius 1 is 0.800 bits per heavy atom. The minimum atomic E-state index is -0.464. The van der Waals surface area contributed by atoms with Gasteiger partial charge in [0, 0.05) is 67.7 Å². The number of halogens is 3. The Hall–Kier alpha value is -2.86. The Kier molecular flexibility index (Phi) is 4.54. The lowest BCUT2D eigenvalue weighted by molar-refractivity contribution is 0.0596. The number of aromatic amines is 3. The highest BCUT2D eigenvalue weighted by molar-refractivity contribution is 6.43. The van der Waals surface area contributed by atoms with Crippen molar-refractivity contribution in [2.45, 2.75) is 0 Å². The predicted molar refractivity (Wildman–Crippen MR) is 122 cm³/mol. The molecule has 3 heterocycles. The Labute approximate surface area is 185 Å². The van der Waals surface area contributed by atoms with Gasteiger partial charge in [0.1, 0.15) is 5.69 Å². The Morgan fingerprint density at radius 3 is 2.27 bits per heavy atom. The van der Waals surface area contributed by atoms with Crippen molar-refractivity contribution >= 4 is 62.6 Å². The molecular formula is C22H14Cl3N3O2. The third kappa shape index (κ3) is 2.89. The summed E-state index contributed by atoms with van der Waals surface area (Å²) in [6.07, 6.45) is 5.52. The lowest BCUT2D eigenvalue weighted by atomic mass is 9.96. The van der Waals surface area contributed by atoms with Crippen LogP contribution >= 0.6 is 34.8 Å². The number of benzene rings is 2. The summed E-state index contributed by atoms with van der Waals surface area (Å²) in [5.74, 6) is -0.464. The number of hydrogen-bond acceptors (Lipinski definition) is 2. The number of esters is 1. The van der Waals surface area contributed by atoms with Crippen LogP contribution in [0.1, 0.15) is 10.5 Å². The van der Waals surface area contributed by atoms with Crippen molar-refractivity contribution in [1.82, 2.24) is 15.0 Å². The van der Waals surface area contributed by atoms with Gasteiger partial charge in [-0.2, -0.15) is 0 Å². The average Bonchev–Trinajstić information content (AvgIpc) is 3.43. The van der Waals surface area contributed by atoms with E-state index in [9.17, 15) is 4.79 Å². The number of ether oxygens (including phenoxy) is 1. The molecule has 5 nitrogen and oxygen atoms in total. The van der Waals surface area contributed by atoms with Crippen LogP contribution in [0.5, 0.6) is 0 Å². The standard InChI is InChI=1S/C22H14Cl3N3O2/c1-30-22(29)21-20(14-8-26-18-3-2-10(23)4-11(14)18)15(9-28-21)13-7-27-19-6-17(25)16(24)5-12(13)19/h2-9,26-28H,1H3. The van der Waals surface area contributed by atoms with Gasteiger partial charge in [0.25, 0.3) is 0 Å². The van der Waals surface area contributed by atoms with Crippen LogP contribution in [-0.2, 0) is 4.74 Å². The molecule has 0 atom stereocenters. The SMILES string of the molecule is COC(=O)c1[nH]cc(-c2c[nH]c3cc(Cl)c(Cl)cc23)c1-c1c[nH]c2ccc(Cl)cc12. The monoisotopic (exact) mass is 457 g/mol. The van der Waals surface area contributed by atoms with Crippen molar-refractivity contribution in [2.24, 2.45) is 0 Å². The molecule has 0 aliphatic rings. The molecule has 0 radical (unpaired) electrons. The van der Waals surface area contributed by atoms with E-state index < -0.39 is 5.97 Å². The predicted octanol–water partition coefficient (Wildman–Crippen LogP) is 7.06.